The average molecular weight is 270 g/mol. The number of benzene rings is 1. The van der Waals surface area contributed by atoms with E-state index in [9.17, 15) is 4.79 Å². The smallest absolute Gasteiger partial charge is 0.130 e. The highest BCUT2D eigenvalue weighted by atomic mass is 16.5. The molecule has 0 saturated carbocycles. The Morgan fingerprint density at radius 2 is 2.00 bits per heavy atom. The average Bonchev–Trinajstić information content (AvgIpc) is 2.56. The van der Waals surface area contributed by atoms with Crippen LogP contribution in [-0.4, -0.2) is 19.5 Å². The zero-order valence-corrected chi connectivity index (χ0v) is 11.9. The van der Waals surface area contributed by atoms with E-state index in [0.717, 1.165) is 19.1 Å². The third kappa shape index (κ3) is 2.57. The minimum absolute atomic E-state index is 0.330. The van der Waals surface area contributed by atoms with Gasteiger partial charge in [-0.1, -0.05) is 30.3 Å². The molecule has 0 radical (unpaired) electrons. The molecule has 0 bridgehead atoms. The van der Waals surface area contributed by atoms with Crippen LogP contribution in [0.25, 0.3) is 5.57 Å². The van der Waals surface area contributed by atoms with Gasteiger partial charge in [0.25, 0.3) is 0 Å². The highest BCUT2D eigenvalue weighted by Gasteiger charge is 2.34. The summed E-state index contributed by atoms with van der Waals surface area (Å²) in [4.78, 5) is 11.7. The van der Waals surface area contributed by atoms with Gasteiger partial charge in [-0.05, 0) is 55.2 Å². The highest BCUT2D eigenvalue weighted by Crippen LogP contribution is 2.35. The lowest BCUT2D eigenvalue weighted by Crippen LogP contribution is -2.35. The van der Waals surface area contributed by atoms with E-state index in [0.29, 0.717) is 13.2 Å². The molecule has 1 saturated heterocycles. The highest BCUT2D eigenvalue weighted by molar-refractivity contribution is 5.72. The number of aldehydes is 1. The van der Waals surface area contributed by atoms with Crippen LogP contribution in [0.3, 0.4) is 0 Å². The number of carbonyl (C=O) groups excluding carboxylic acids is 1. The molecule has 0 unspecified atom stereocenters. The molecule has 1 aliphatic carbocycles. The number of hydrogen-bond acceptors (Lipinski definition) is 2. The molecule has 1 aliphatic heterocycles. The minimum atomic E-state index is -0.330. The summed E-state index contributed by atoms with van der Waals surface area (Å²) in [5.41, 5.74) is 3.59. The maximum atomic E-state index is 11.7. The van der Waals surface area contributed by atoms with Gasteiger partial charge in [0.2, 0.25) is 0 Å². The van der Waals surface area contributed by atoms with Gasteiger partial charge in [0.1, 0.15) is 6.29 Å². The van der Waals surface area contributed by atoms with E-state index >= 15 is 0 Å². The molecule has 2 heteroatoms. The maximum Gasteiger partial charge on any atom is 0.130 e. The van der Waals surface area contributed by atoms with E-state index in [-0.39, 0.29) is 5.41 Å². The van der Waals surface area contributed by atoms with Crippen molar-refractivity contribution in [2.45, 2.75) is 43.9 Å². The first kappa shape index (κ1) is 13.6. The zero-order valence-electron chi connectivity index (χ0n) is 11.9. The standard InChI is InChI=1S/C18H22O2/c19-14-18(9-11-20-12-10-18)17-8-4-7-16(13-17)15-5-2-1-3-6-15/h4-5,7-8,13-14H,1-3,6,9-12H2. The second-order valence-corrected chi connectivity index (χ2v) is 5.94. The third-order valence-corrected chi connectivity index (χ3v) is 4.71. The van der Waals surface area contributed by atoms with Crippen LogP contribution in [0, 0.1) is 0 Å². The Balaban J connectivity index is 1.93. The summed E-state index contributed by atoms with van der Waals surface area (Å²) < 4.78 is 5.42. The van der Waals surface area contributed by atoms with Crippen molar-refractivity contribution in [3.05, 3.63) is 41.5 Å². The summed E-state index contributed by atoms with van der Waals surface area (Å²) >= 11 is 0. The van der Waals surface area contributed by atoms with E-state index in [1.807, 2.05) is 0 Å². The van der Waals surface area contributed by atoms with Crippen molar-refractivity contribution in [1.29, 1.82) is 0 Å². The maximum absolute atomic E-state index is 11.7. The van der Waals surface area contributed by atoms with Gasteiger partial charge in [-0.2, -0.15) is 0 Å². The summed E-state index contributed by atoms with van der Waals surface area (Å²) in [6.07, 6.45) is 10.1. The molecular formula is C18H22O2. The molecule has 0 aromatic heterocycles. The van der Waals surface area contributed by atoms with Gasteiger partial charge in [-0.15, -0.1) is 0 Å². The number of rotatable bonds is 3. The molecule has 0 atom stereocenters. The molecule has 1 heterocycles. The van der Waals surface area contributed by atoms with Crippen LogP contribution >= 0.6 is 0 Å². The van der Waals surface area contributed by atoms with Gasteiger partial charge in [-0.25, -0.2) is 0 Å². The van der Waals surface area contributed by atoms with Gasteiger partial charge < -0.3 is 9.53 Å². The van der Waals surface area contributed by atoms with Crippen LogP contribution in [0.2, 0.25) is 0 Å². The van der Waals surface area contributed by atoms with E-state index in [1.165, 1.54) is 42.4 Å². The Hall–Kier alpha value is -1.41. The summed E-state index contributed by atoms with van der Waals surface area (Å²) in [5, 5.41) is 0. The summed E-state index contributed by atoms with van der Waals surface area (Å²) in [5.74, 6) is 0. The van der Waals surface area contributed by atoms with Crippen LogP contribution in [0.15, 0.2) is 30.3 Å². The molecule has 1 aromatic carbocycles. The lowest BCUT2D eigenvalue weighted by atomic mass is 9.74. The first-order valence-electron chi connectivity index (χ1n) is 7.68. The lowest BCUT2D eigenvalue weighted by Gasteiger charge is -2.33. The molecule has 1 aromatic rings. The Kier molecular flexibility index (Phi) is 4.02. The number of carbonyl (C=O) groups is 1. The van der Waals surface area contributed by atoms with Gasteiger partial charge in [0, 0.05) is 13.2 Å². The fourth-order valence-electron chi connectivity index (χ4n) is 3.34. The van der Waals surface area contributed by atoms with Crippen molar-refractivity contribution in [1.82, 2.24) is 0 Å². The molecule has 1 fully saturated rings. The molecular weight excluding hydrogens is 248 g/mol. The normalized spacial score (nSPS) is 22.1. The van der Waals surface area contributed by atoms with Crippen molar-refractivity contribution in [3.8, 4) is 0 Å². The fourth-order valence-corrected chi connectivity index (χ4v) is 3.34. The van der Waals surface area contributed by atoms with Crippen LogP contribution < -0.4 is 0 Å². The Bertz CT molecular complexity index is 510. The molecule has 0 spiro atoms. The molecule has 106 valence electrons. The minimum Gasteiger partial charge on any atom is -0.381 e. The number of allylic oxidation sites excluding steroid dienone is 2. The van der Waals surface area contributed by atoms with E-state index in [4.69, 9.17) is 4.74 Å². The van der Waals surface area contributed by atoms with E-state index in [2.05, 4.69) is 30.3 Å². The summed E-state index contributed by atoms with van der Waals surface area (Å²) in [6, 6.07) is 8.61. The molecule has 3 rings (SSSR count). The number of ether oxygens (including phenoxy) is 1. The molecule has 0 amide bonds. The largest absolute Gasteiger partial charge is 0.381 e. The van der Waals surface area contributed by atoms with Crippen molar-refractivity contribution < 1.29 is 9.53 Å². The summed E-state index contributed by atoms with van der Waals surface area (Å²) in [6.45, 7) is 1.37. The van der Waals surface area contributed by atoms with Crippen molar-refractivity contribution in [3.63, 3.8) is 0 Å². The van der Waals surface area contributed by atoms with Crippen LogP contribution in [0.1, 0.15) is 49.7 Å². The first-order chi connectivity index (χ1) is 9.84. The molecule has 2 aliphatic rings. The van der Waals surface area contributed by atoms with Gasteiger partial charge in [0.05, 0.1) is 5.41 Å². The molecule has 0 N–H and O–H groups in total. The van der Waals surface area contributed by atoms with E-state index < -0.39 is 0 Å². The number of hydrogen-bond donors (Lipinski definition) is 0. The predicted molar refractivity (Wildman–Crippen MR) is 80.7 cm³/mol. The third-order valence-electron chi connectivity index (χ3n) is 4.71. The quantitative estimate of drug-likeness (QED) is 0.779. The van der Waals surface area contributed by atoms with Crippen molar-refractivity contribution >= 4 is 11.9 Å². The predicted octanol–water partition coefficient (Wildman–Crippen LogP) is 3.89. The fraction of sp³-hybridized carbons (Fsp3) is 0.500. The van der Waals surface area contributed by atoms with Gasteiger partial charge in [-0.3, -0.25) is 0 Å². The Morgan fingerprint density at radius 3 is 2.70 bits per heavy atom. The Morgan fingerprint density at radius 1 is 1.15 bits per heavy atom. The molecule has 2 nitrogen and oxygen atoms in total. The van der Waals surface area contributed by atoms with Crippen molar-refractivity contribution in [2.24, 2.45) is 0 Å². The monoisotopic (exact) mass is 270 g/mol. The van der Waals surface area contributed by atoms with Crippen LogP contribution in [0.4, 0.5) is 0 Å². The molecule has 20 heavy (non-hydrogen) atoms. The first-order valence-corrected chi connectivity index (χ1v) is 7.68. The zero-order chi connectivity index (χ0) is 13.8. The van der Waals surface area contributed by atoms with E-state index in [1.54, 1.807) is 0 Å². The van der Waals surface area contributed by atoms with Gasteiger partial charge >= 0.3 is 0 Å². The van der Waals surface area contributed by atoms with Crippen LogP contribution in [0.5, 0.6) is 0 Å². The SMILES string of the molecule is O=CC1(c2cccc(C3=CCCCC3)c2)CCOCC1. The second-order valence-electron chi connectivity index (χ2n) is 5.94. The summed E-state index contributed by atoms with van der Waals surface area (Å²) in [7, 11) is 0. The Labute approximate surface area is 120 Å². The second kappa shape index (κ2) is 5.92. The van der Waals surface area contributed by atoms with Gasteiger partial charge in [0.15, 0.2) is 0 Å². The lowest BCUT2D eigenvalue weighted by molar-refractivity contribution is -0.115. The van der Waals surface area contributed by atoms with Crippen molar-refractivity contribution in [2.75, 3.05) is 13.2 Å². The topological polar surface area (TPSA) is 26.3 Å². The van der Waals surface area contributed by atoms with Crippen LogP contribution in [-0.2, 0) is 14.9 Å².